The van der Waals surface area contributed by atoms with Crippen molar-refractivity contribution < 1.29 is 14.7 Å². The Balaban J connectivity index is 2.75. The van der Waals surface area contributed by atoms with Gasteiger partial charge in [-0.1, -0.05) is 0 Å². The lowest BCUT2D eigenvalue weighted by Gasteiger charge is -2.04. The van der Waals surface area contributed by atoms with Crippen molar-refractivity contribution in [3.8, 4) is 0 Å². The minimum Gasteiger partial charge on any atom is -0.478 e. The minimum absolute atomic E-state index is 0.121. The van der Waals surface area contributed by atoms with Crippen molar-refractivity contribution in [3.63, 3.8) is 0 Å². The summed E-state index contributed by atoms with van der Waals surface area (Å²) in [5.74, 6) is -1.21. The topological polar surface area (TPSA) is 79.3 Å². The fourth-order valence-corrected chi connectivity index (χ4v) is 1.07. The molecule has 0 aromatic carbocycles. The summed E-state index contributed by atoms with van der Waals surface area (Å²) in [6, 6.07) is 3.50. The van der Waals surface area contributed by atoms with Gasteiger partial charge in [-0.3, -0.25) is 4.79 Å². The van der Waals surface area contributed by atoms with Crippen molar-refractivity contribution in [2.24, 2.45) is 0 Å². The van der Waals surface area contributed by atoms with E-state index < -0.39 is 11.9 Å². The molecule has 0 saturated carbocycles. The zero-order chi connectivity index (χ0) is 12.1. The van der Waals surface area contributed by atoms with Crippen LogP contribution in [0.4, 0.5) is 5.82 Å². The maximum Gasteiger partial charge on any atom is 0.328 e. The molecule has 1 heterocycles. The molecule has 2 N–H and O–H groups in total. The monoisotopic (exact) mass is 220 g/mol. The van der Waals surface area contributed by atoms with E-state index in [1.54, 1.807) is 18.3 Å². The summed E-state index contributed by atoms with van der Waals surface area (Å²) in [6.45, 7) is 3.30. The lowest BCUT2D eigenvalue weighted by Crippen LogP contribution is -2.14. The van der Waals surface area contributed by atoms with Crippen molar-refractivity contribution in [2.45, 2.75) is 13.8 Å². The normalized spacial score (nSPS) is 11.0. The molecule has 1 aromatic heterocycles. The summed E-state index contributed by atoms with van der Waals surface area (Å²) in [5, 5.41) is 11.0. The number of rotatable bonds is 3. The van der Waals surface area contributed by atoms with Crippen molar-refractivity contribution in [3.05, 3.63) is 35.5 Å². The third-order valence-electron chi connectivity index (χ3n) is 1.86. The first-order valence-electron chi connectivity index (χ1n) is 4.64. The second-order valence-electron chi connectivity index (χ2n) is 3.34. The Hall–Kier alpha value is -2.17. The number of nitrogens with zero attached hydrogens (tertiary/aromatic N) is 1. The summed E-state index contributed by atoms with van der Waals surface area (Å²) in [5.41, 5.74) is 1.08. The SMILES string of the molecule is C/C(=C\C(=O)O)C(=O)Nc1cc(C)ccn1. The van der Waals surface area contributed by atoms with Gasteiger partial charge in [0.15, 0.2) is 0 Å². The first-order valence-corrected chi connectivity index (χ1v) is 4.64. The van der Waals surface area contributed by atoms with Gasteiger partial charge in [0, 0.05) is 17.8 Å². The molecule has 0 radical (unpaired) electrons. The van der Waals surface area contributed by atoms with Crippen LogP contribution in [0.1, 0.15) is 12.5 Å². The zero-order valence-corrected chi connectivity index (χ0v) is 9.02. The Morgan fingerprint density at radius 2 is 2.19 bits per heavy atom. The highest BCUT2D eigenvalue weighted by Crippen LogP contribution is 2.06. The molecule has 0 saturated heterocycles. The van der Waals surface area contributed by atoms with Gasteiger partial charge in [0.2, 0.25) is 0 Å². The number of hydrogen-bond donors (Lipinski definition) is 2. The largest absolute Gasteiger partial charge is 0.478 e. The summed E-state index contributed by atoms with van der Waals surface area (Å²) in [6.07, 6.45) is 2.42. The van der Waals surface area contributed by atoms with Crippen LogP contribution in [0, 0.1) is 6.92 Å². The van der Waals surface area contributed by atoms with Gasteiger partial charge >= 0.3 is 5.97 Å². The van der Waals surface area contributed by atoms with E-state index >= 15 is 0 Å². The van der Waals surface area contributed by atoms with Crippen LogP contribution < -0.4 is 5.32 Å². The number of aromatic nitrogens is 1. The van der Waals surface area contributed by atoms with E-state index in [-0.39, 0.29) is 5.57 Å². The van der Waals surface area contributed by atoms with Crippen LogP contribution in [0.5, 0.6) is 0 Å². The second-order valence-corrected chi connectivity index (χ2v) is 3.34. The number of anilines is 1. The molecule has 5 heteroatoms. The fourth-order valence-electron chi connectivity index (χ4n) is 1.07. The van der Waals surface area contributed by atoms with Crippen molar-refractivity contribution in [2.75, 3.05) is 5.32 Å². The quantitative estimate of drug-likeness (QED) is 0.754. The molecular weight excluding hydrogens is 208 g/mol. The smallest absolute Gasteiger partial charge is 0.328 e. The van der Waals surface area contributed by atoms with Gasteiger partial charge in [-0.25, -0.2) is 9.78 Å². The summed E-state index contributed by atoms with van der Waals surface area (Å²) in [4.78, 5) is 25.8. The molecular formula is C11H12N2O3. The average Bonchev–Trinajstić information content (AvgIpc) is 2.16. The minimum atomic E-state index is -1.15. The van der Waals surface area contributed by atoms with Crippen LogP contribution in [-0.2, 0) is 9.59 Å². The highest BCUT2D eigenvalue weighted by Gasteiger charge is 2.07. The van der Waals surface area contributed by atoms with Gasteiger partial charge in [0.05, 0.1) is 0 Å². The van der Waals surface area contributed by atoms with E-state index in [1.165, 1.54) is 6.92 Å². The Kier molecular flexibility index (Phi) is 3.77. The van der Waals surface area contributed by atoms with E-state index in [1.807, 2.05) is 6.92 Å². The molecule has 16 heavy (non-hydrogen) atoms. The van der Waals surface area contributed by atoms with Crippen LogP contribution in [0.15, 0.2) is 30.0 Å². The number of amides is 1. The summed E-state index contributed by atoms with van der Waals surface area (Å²) >= 11 is 0. The number of carboxylic acid groups (broad SMARTS) is 1. The maximum atomic E-state index is 11.5. The molecule has 5 nitrogen and oxygen atoms in total. The third kappa shape index (κ3) is 3.53. The van der Waals surface area contributed by atoms with E-state index in [9.17, 15) is 9.59 Å². The molecule has 0 aliphatic heterocycles. The number of carbonyl (C=O) groups excluding carboxylic acids is 1. The van der Waals surface area contributed by atoms with Gasteiger partial charge in [0.25, 0.3) is 5.91 Å². The highest BCUT2D eigenvalue weighted by molar-refractivity contribution is 6.05. The fraction of sp³-hybridized carbons (Fsp3) is 0.182. The first-order chi connectivity index (χ1) is 7.49. The first kappa shape index (κ1) is 11.9. The van der Waals surface area contributed by atoms with E-state index in [0.29, 0.717) is 5.82 Å². The predicted molar refractivity (Wildman–Crippen MR) is 59.0 cm³/mol. The van der Waals surface area contributed by atoms with Crippen LogP contribution in [0.3, 0.4) is 0 Å². The highest BCUT2D eigenvalue weighted by atomic mass is 16.4. The molecule has 84 valence electrons. The number of aliphatic carboxylic acids is 1. The number of carboxylic acids is 1. The van der Waals surface area contributed by atoms with E-state index in [0.717, 1.165) is 11.6 Å². The molecule has 0 unspecified atom stereocenters. The van der Waals surface area contributed by atoms with Crippen LogP contribution in [0.25, 0.3) is 0 Å². The van der Waals surface area contributed by atoms with Crippen molar-refractivity contribution in [1.82, 2.24) is 4.98 Å². The van der Waals surface area contributed by atoms with Gasteiger partial charge in [-0.15, -0.1) is 0 Å². The Morgan fingerprint density at radius 1 is 1.50 bits per heavy atom. The predicted octanol–water partition coefficient (Wildman–Crippen LogP) is 1.36. The Morgan fingerprint density at radius 3 is 2.75 bits per heavy atom. The molecule has 0 atom stereocenters. The van der Waals surface area contributed by atoms with E-state index in [2.05, 4.69) is 10.3 Å². The molecule has 0 aliphatic rings. The van der Waals surface area contributed by atoms with Crippen molar-refractivity contribution >= 4 is 17.7 Å². The number of pyridine rings is 1. The maximum absolute atomic E-state index is 11.5. The molecule has 1 aromatic rings. The Bertz CT molecular complexity index is 452. The van der Waals surface area contributed by atoms with E-state index in [4.69, 9.17) is 5.11 Å². The van der Waals surface area contributed by atoms with Crippen LogP contribution >= 0.6 is 0 Å². The molecule has 0 fully saturated rings. The summed E-state index contributed by atoms with van der Waals surface area (Å²) < 4.78 is 0. The number of hydrogen-bond acceptors (Lipinski definition) is 3. The molecule has 0 spiro atoms. The number of carbonyl (C=O) groups is 2. The molecule has 1 rings (SSSR count). The number of aryl methyl sites for hydroxylation is 1. The zero-order valence-electron chi connectivity index (χ0n) is 9.02. The van der Waals surface area contributed by atoms with Gasteiger partial charge in [0.1, 0.15) is 5.82 Å². The molecule has 1 amide bonds. The Labute approximate surface area is 92.8 Å². The lowest BCUT2D eigenvalue weighted by atomic mass is 10.2. The summed E-state index contributed by atoms with van der Waals surface area (Å²) in [7, 11) is 0. The van der Waals surface area contributed by atoms with Crippen LogP contribution in [0.2, 0.25) is 0 Å². The molecule has 0 bridgehead atoms. The third-order valence-corrected chi connectivity index (χ3v) is 1.86. The van der Waals surface area contributed by atoms with Gasteiger partial charge < -0.3 is 10.4 Å². The second kappa shape index (κ2) is 5.06. The van der Waals surface area contributed by atoms with Crippen LogP contribution in [-0.4, -0.2) is 22.0 Å². The molecule has 0 aliphatic carbocycles. The number of nitrogens with one attached hydrogen (secondary N) is 1. The van der Waals surface area contributed by atoms with Gasteiger partial charge in [-0.2, -0.15) is 0 Å². The lowest BCUT2D eigenvalue weighted by molar-refractivity contribution is -0.131. The standard InChI is InChI=1S/C11H12N2O3/c1-7-3-4-12-9(5-7)13-11(16)8(2)6-10(14)15/h3-6H,1-2H3,(H,14,15)(H,12,13,16)/b8-6+. The van der Waals surface area contributed by atoms with Crippen molar-refractivity contribution in [1.29, 1.82) is 0 Å². The van der Waals surface area contributed by atoms with Gasteiger partial charge in [-0.05, 0) is 31.5 Å². The average molecular weight is 220 g/mol.